The third-order valence-corrected chi connectivity index (χ3v) is 2.38. The van der Waals surface area contributed by atoms with Gasteiger partial charge in [0.25, 0.3) is 0 Å². The highest BCUT2D eigenvalue weighted by atomic mass is 16.5. The summed E-state index contributed by atoms with van der Waals surface area (Å²) in [5, 5.41) is 2.72. The van der Waals surface area contributed by atoms with Crippen LogP contribution in [0.25, 0.3) is 0 Å². The van der Waals surface area contributed by atoms with Crippen LogP contribution in [0.15, 0.2) is 12.1 Å². The van der Waals surface area contributed by atoms with Crippen LogP contribution in [0.1, 0.15) is 18.1 Å². The predicted molar refractivity (Wildman–Crippen MR) is 65.5 cm³/mol. The maximum absolute atomic E-state index is 11.4. The first kappa shape index (κ1) is 12.5. The van der Waals surface area contributed by atoms with Gasteiger partial charge in [-0.2, -0.15) is 0 Å². The number of ether oxygens (including phenoxy) is 1. The van der Waals surface area contributed by atoms with E-state index in [4.69, 9.17) is 10.5 Å². The second-order valence-electron chi connectivity index (χ2n) is 3.71. The van der Waals surface area contributed by atoms with Gasteiger partial charge in [-0.25, -0.2) is 0 Å². The average Bonchev–Trinajstić information content (AvgIpc) is 2.23. The number of carbonyl (C=O) groups is 1. The van der Waals surface area contributed by atoms with Crippen LogP contribution in [0.3, 0.4) is 0 Å². The second kappa shape index (κ2) is 5.51. The molecule has 0 aliphatic carbocycles. The molecule has 0 bridgehead atoms. The molecule has 0 fully saturated rings. The number of amides is 1. The van der Waals surface area contributed by atoms with Crippen molar-refractivity contribution in [2.24, 2.45) is 0 Å². The number of nitrogens with two attached hydrogens (primary N) is 1. The van der Waals surface area contributed by atoms with Crippen molar-refractivity contribution < 1.29 is 9.53 Å². The molecular formula is C12H18N2O2. The highest BCUT2D eigenvalue weighted by Gasteiger charge is 2.06. The summed E-state index contributed by atoms with van der Waals surface area (Å²) >= 11 is 0. The van der Waals surface area contributed by atoms with Crippen molar-refractivity contribution in [3.63, 3.8) is 0 Å². The third kappa shape index (κ3) is 3.24. The summed E-state index contributed by atoms with van der Waals surface area (Å²) in [5.41, 5.74) is 9.24. The first-order valence-corrected chi connectivity index (χ1v) is 5.29. The molecule has 0 atom stereocenters. The molecule has 4 heteroatoms. The van der Waals surface area contributed by atoms with Gasteiger partial charge in [0.2, 0.25) is 5.91 Å². The molecular weight excluding hydrogens is 204 g/mol. The molecule has 1 amide bonds. The Morgan fingerprint density at radius 2 is 2.00 bits per heavy atom. The standard InChI is InChI=1S/C12H18N2O2/c1-4-16-7-12(15)14-11-6-9(3)8(2)5-10(11)13/h5-6H,4,7,13H2,1-3H3,(H,14,15). The van der Waals surface area contributed by atoms with Gasteiger partial charge < -0.3 is 15.8 Å². The van der Waals surface area contributed by atoms with Crippen LogP contribution >= 0.6 is 0 Å². The summed E-state index contributed by atoms with van der Waals surface area (Å²) in [6.07, 6.45) is 0. The van der Waals surface area contributed by atoms with Crippen molar-refractivity contribution in [2.45, 2.75) is 20.8 Å². The molecule has 0 aliphatic rings. The minimum Gasteiger partial charge on any atom is -0.397 e. The van der Waals surface area contributed by atoms with Crippen LogP contribution < -0.4 is 11.1 Å². The van der Waals surface area contributed by atoms with Crippen LogP contribution in [0.5, 0.6) is 0 Å². The maximum atomic E-state index is 11.4. The fraction of sp³-hybridized carbons (Fsp3) is 0.417. The van der Waals surface area contributed by atoms with E-state index in [0.717, 1.165) is 11.1 Å². The van der Waals surface area contributed by atoms with E-state index in [0.29, 0.717) is 18.0 Å². The molecule has 0 radical (unpaired) electrons. The number of anilines is 2. The second-order valence-corrected chi connectivity index (χ2v) is 3.71. The lowest BCUT2D eigenvalue weighted by Gasteiger charge is -2.10. The largest absolute Gasteiger partial charge is 0.397 e. The number of carbonyl (C=O) groups excluding carboxylic acids is 1. The first-order valence-electron chi connectivity index (χ1n) is 5.29. The van der Waals surface area contributed by atoms with Gasteiger partial charge in [0.05, 0.1) is 11.4 Å². The van der Waals surface area contributed by atoms with Crippen molar-refractivity contribution in [2.75, 3.05) is 24.3 Å². The number of hydrogen-bond donors (Lipinski definition) is 2. The monoisotopic (exact) mass is 222 g/mol. The summed E-state index contributed by atoms with van der Waals surface area (Å²) in [4.78, 5) is 11.4. The molecule has 3 N–H and O–H groups in total. The Kier molecular flexibility index (Phi) is 4.31. The topological polar surface area (TPSA) is 64.3 Å². The van der Waals surface area contributed by atoms with Gasteiger partial charge in [-0.1, -0.05) is 0 Å². The fourth-order valence-electron chi connectivity index (χ4n) is 1.33. The van der Waals surface area contributed by atoms with E-state index in [1.165, 1.54) is 0 Å². The molecule has 1 aromatic carbocycles. The number of aryl methyl sites for hydroxylation is 2. The van der Waals surface area contributed by atoms with Crippen molar-refractivity contribution in [3.05, 3.63) is 23.3 Å². The average molecular weight is 222 g/mol. The number of nitrogens with one attached hydrogen (secondary N) is 1. The zero-order chi connectivity index (χ0) is 12.1. The van der Waals surface area contributed by atoms with Gasteiger partial charge in [0, 0.05) is 6.61 Å². The van der Waals surface area contributed by atoms with Gasteiger partial charge in [-0.15, -0.1) is 0 Å². The van der Waals surface area contributed by atoms with Crippen molar-refractivity contribution >= 4 is 17.3 Å². The van der Waals surface area contributed by atoms with E-state index in [9.17, 15) is 4.79 Å². The molecule has 0 aliphatic heterocycles. The van der Waals surface area contributed by atoms with Gasteiger partial charge in [0.1, 0.15) is 6.61 Å². The van der Waals surface area contributed by atoms with Crippen molar-refractivity contribution in [3.8, 4) is 0 Å². The van der Waals surface area contributed by atoms with Crippen LogP contribution in [0.2, 0.25) is 0 Å². The lowest BCUT2D eigenvalue weighted by Crippen LogP contribution is -2.19. The van der Waals surface area contributed by atoms with E-state index in [2.05, 4.69) is 5.32 Å². The zero-order valence-corrected chi connectivity index (χ0v) is 9.96. The lowest BCUT2D eigenvalue weighted by atomic mass is 10.1. The van der Waals surface area contributed by atoms with E-state index >= 15 is 0 Å². The molecule has 0 aromatic heterocycles. The van der Waals surface area contributed by atoms with E-state index < -0.39 is 0 Å². The van der Waals surface area contributed by atoms with Gasteiger partial charge >= 0.3 is 0 Å². The highest BCUT2D eigenvalue weighted by Crippen LogP contribution is 2.22. The molecule has 4 nitrogen and oxygen atoms in total. The van der Waals surface area contributed by atoms with Crippen molar-refractivity contribution in [1.29, 1.82) is 0 Å². The Morgan fingerprint density at radius 1 is 1.38 bits per heavy atom. The number of benzene rings is 1. The summed E-state index contributed by atoms with van der Waals surface area (Å²) < 4.78 is 5.01. The Balaban J connectivity index is 2.73. The van der Waals surface area contributed by atoms with Gasteiger partial charge in [-0.3, -0.25) is 4.79 Å². The molecule has 0 unspecified atom stereocenters. The number of rotatable bonds is 4. The maximum Gasteiger partial charge on any atom is 0.250 e. The summed E-state index contributed by atoms with van der Waals surface area (Å²) in [5.74, 6) is -0.184. The zero-order valence-electron chi connectivity index (χ0n) is 9.96. The Hall–Kier alpha value is -1.55. The SMILES string of the molecule is CCOCC(=O)Nc1cc(C)c(C)cc1N. The summed E-state index contributed by atoms with van der Waals surface area (Å²) in [6, 6.07) is 3.72. The molecule has 0 saturated carbocycles. The van der Waals surface area contributed by atoms with Crippen LogP contribution in [-0.4, -0.2) is 19.1 Å². The molecule has 16 heavy (non-hydrogen) atoms. The minimum atomic E-state index is -0.184. The van der Waals surface area contributed by atoms with Crippen LogP contribution in [0, 0.1) is 13.8 Å². The number of hydrogen-bond acceptors (Lipinski definition) is 3. The molecule has 88 valence electrons. The quantitative estimate of drug-likeness (QED) is 0.764. The Bertz CT molecular complexity index is 389. The fourth-order valence-corrected chi connectivity index (χ4v) is 1.33. The summed E-state index contributed by atoms with van der Waals surface area (Å²) in [6.45, 7) is 6.39. The molecule has 0 saturated heterocycles. The smallest absolute Gasteiger partial charge is 0.250 e. The Morgan fingerprint density at radius 3 is 2.62 bits per heavy atom. The van der Waals surface area contributed by atoms with E-state index in [-0.39, 0.29) is 12.5 Å². The van der Waals surface area contributed by atoms with Crippen molar-refractivity contribution in [1.82, 2.24) is 0 Å². The lowest BCUT2D eigenvalue weighted by molar-refractivity contribution is -0.120. The normalized spacial score (nSPS) is 10.2. The van der Waals surface area contributed by atoms with E-state index in [1.54, 1.807) is 0 Å². The summed E-state index contributed by atoms with van der Waals surface area (Å²) in [7, 11) is 0. The van der Waals surface area contributed by atoms with E-state index in [1.807, 2.05) is 32.9 Å². The Labute approximate surface area is 95.8 Å². The predicted octanol–water partition coefficient (Wildman–Crippen LogP) is 1.86. The first-order chi connectivity index (χ1) is 7.54. The number of nitrogen functional groups attached to an aromatic ring is 1. The molecule has 1 aromatic rings. The van der Waals surface area contributed by atoms with Gasteiger partial charge in [0.15, 0.2) is 0 Å². The molecule has 1 rings (SSSR count). The van der Waals surface area contributed by atoms with Crippen LogP contribution in [-0.2, 0) is 9.53 Å². The molecule has 0 heterocycles. The molecule has 0 spiro atoms. The minimum absolute atomic E-state index is 0.0584. The van der Waals surface area contributed by atoms with Gasteiger partial charge in [-0.05, 0) is 44.0 Å². The highest BCUT2D eigenvalue weighted by molar-refractivity contribution is 5.94. The van der Waals surface area contributed by atoms with Crippen LogP contribution in [0.4, 0.5) is 11.4 Å². The third-order valence-electron chi connectivity index (χ3n) is 2.38.